The molecule has 3 heteroatoms. The molecule has 0 saturated carbocycles. The van der Waals surface area contributed by atoms with Crippen molar-refractivity contribution in [1.29, 1.82) is 0 Å². The minimum absolute atomic E-state index is 0. The first kappa shape index (κ1) is 25.3. The Morgan fingerprint density at radius 2 is 1.25 bits per heavy atom. The molecule has 0 aromatic carbocycles. The summed E-state index contributed by atoms with van der Waals surface area (Å²) in [7, 11) is 2.75. The van der Waals surface area contributed by atoms with Crippen molar-refractivity contribution in [3.8, 4) is 0 Å². The molecule has 31 valence electrons. The van der Waals surface area contributed by atoms with E-state index < -0.39 is 0 Å². The monoisotopic (exact) mass is 109 g/mol. The van der Waals surface area contributed by atoms with Gasteiger partial charge in [0, 0.05) is 0 Å². The van der Waals surface area contributed by atoms with E-state index in [1.165, 1.54) is 0 Å². The molecule has 1 radical (unpaired) electrons. The predicted octanol–water partition coefficient (Wildman–Crippen LogP) is 0.451. The maximum Gasteiger partial charge on any atom is 2.00 e. The third-order valence-corrected chi connectivity index (χ3v) is 0. The first-order valence-corrected chi connectivity index (χ1v) is 0.408. The van der Waals surface area contributed by atoms with E-state index in [-0.39, 0.29) is 23.2 Å². The summed E-state index contributed by atoms with van der Waals surface area (Å²) in [5, 5.41) is 0. The van der Waals surface area contributed by atoms with Crippen LogP contribution in [0.2, 0.25) is 0 Å². The van der Waals surface area contributed by atoms with Crippen LogP contribution in [-0.2, 0) is 17.1 Å². The Morgan fingerprint density at radius 3 is 1.25 bits per heavy atom. The second kappa shape index (κ2) is 106. The van der Waals surface area contributed by atoms with Gasteiger partial charge in [-0.1, -0.05) is 0 Å². The van der Waals surface area contributed by atoms with Crippen LogP contribution in [-0.4, -0.2) is 0 Å². The van der Waals surface area contributed by atoms with Gasteiger partial charge < -0.3 is 11.9 Å². The molecule has 0 heterocycles. The molecule has 0 bridgehead atoms. The smallest absolute Gasteiger partial charge is 0.693 e. The summed E-state index contributed by atoms with van der Waals surface area (Å²) in [6.45, 7) is 0. The van der Waals surface area contributed by atoms with E-state index in [4.69, 9.17) is 0 Å². The normalized spacial score (nSPS) is 1.50. The van der Waals surface area contributed by atoms with Crippen LogP contribution < -0.4 is 5.73 Å². The van der Waals surface area contributed by atoms with Gasteiger partial charge in [-0.15, -0.1) is 0 Å². The van der Waals surface area contributed by atoms with Crippen molar-refractivity contribution in [2.75, 3.05) is 0 Å². The molecule has 0 aromatic heterocycles. The zero-order valence-electron chi connectivity index (χ0n) is 2.16. The number of nitrogens with two attached hydrogens (primary N) is 2. The molecule has 4 N–H and O–H groups in total. The van der Waals surface area contributed by atoms with Gasteiger partial charge in [0.1, 0.15) is 0 Å². The van der Waals surface area contributed by atoms with Crippen molar-refractivity contribution in [2.45, 2.75) is 0 Å². The van der Waals surface area contributed by atoms with Gasteiger partial charge in [0.25, 0.3) is 0 Å². The molecule has 0 rings (SSSR count). The maximum absolute atomic E-state index is 4.25. The molecule has 0 aromatic rings. The summed E-state index contributed by atoms with van der Waals surface area (Å²) in [6, 6.07) is 0. The molecule has 4 heavy (non-hydrogen) atoms. The minimum Gasteiger partial charge on any atom is -0.693 e. The summed E-state index contributed by atoms with van der Waals surface area (Å²) < 4.78 is 0. The average molecular weight is 110 g/mol. The van der Waals surface area contributed by atoms with Crippen molar-refractivity contribution in [3.63, 3.8) is 0 Å². The molecule has 2 nitrogen and oxygen atoms in total. The summed E-state index contributed by atoms with van der Waals surface area (Å²) in [5.41, 5.74) is 4.25. The Labute approximate surface area is 36.8 Å². The van der Waals surface area contributed by atoms with E-state index in [1.807, 2.05) is 0 Å². The van der Waals surface area contributed by atoms with Crippen LogP contribution in [0.25, 0.3) is 6.15 Å². The van der Waals surface area contributed by atoms with Gasteiger partial charge >= 0.3 is 17.1 Å². The molecule has 0 aliphatic heterocycles. The molecule has 0 atom stereocenters. The van der Waals surface area contributed by atoms with Gasteiger partial charge in [0.05, 0.1) is 0 Å². The molecule has 0 unspecified atom stereocenters. The largest absolute Gasteiger partial charge is 2.00 e. The van der Waals surface area contributed by atoms with Crippen LogP contribution in [0, 0.1) is 7.05 Å². The fourth-order valence-electron chi connectivity index (χ4n) is 0. The molecule has 0 aliphatic rings. The molecule has 0 spiro atoms. The van der Waals surface area contributed by atoms with Gasteiger partial charge in [0.2, 0.25) is 0 Å². The molecule has 0 amide bonds. The Balaban J connectivity index is -0.00000000500. The third kappa shape index (κ3) is 26.2. The van der Waals surface area contributed by atoms with Crippen LogP contribution in [0.4, 0.5) is 0 Å². The van der Waals surface area contributed by atoms with Crippen molar-refractivity contribution in [1.82, 2.24) is 0 Å². The first-order chi connectivity index (χ1) is 1.00. The maximum atomic E-state index is 4.25. The van der Waals surface area contributed by atoms with Crippen LogP contribution in [0.5, 0.6) is 0 Å². The van der Waals surface area contributed by atoms with Crippen LogP contribution >= 0.6 is 0 Å². The molecule has 0 saturated heterocycles. The third-order valence-electron chi connectivity index (χ3n) is 0. The van der Waals surface area contributed by atoms with Crippen LogP contribution in [0.15, 0.2) is 0 Å². The topological polar surface area (TPSA) is 59.5 Å². The van der Waals surface area contributed by atoms with Gasteiger partial charge in [-0.05, 0) is 0 Å². The number of rotatable bonds is 0. The molecule has 0 fully saturated rings. The fourth-order valence-corrected chi connectivity index (χ4v) is 0. The van der Waals surface area contributed by atoms with Crippen LogP contribution in [0.1, 0.15) is 0 Å². The van der Waals surface area contributed by atoms with Gasteiger partial charge in [-0.25, -0.2) is 0 Å². The minimum atomic E-state index is 0. The summed E-state index contributed by atoms with van der Waals surface area (Å²) in [4.78, 5) is 0. The Kier molecular flexibility index (Phi) is 672. The predicted molar refractivity (Wildman–Crippen MR) is 14.8 cm³/mol. The summed E-state index contributed by atoms with van der Waals surface area (Å²) >= 11 is 0. The standard InChI is InChI=1S/CH4N.Cu.H2N/c1-2;;/h1-2H2;;1H2/q-1;+2;-1. The van der Waals surface area contributed by atoms with E-state index in [2.05, 4.69) is 12.8 Å². The number of hydrogen-bond acceptors (Lipinski definition) is 1. The summed E-state index contributed by atoms with van der Waals surface area (Å²) in [5.74, 6) is 0. The Hall–Kier alpha value is 0.439. The Bertz CT molecular complexity index is 6.00. The van der Waals surface area contributed by atoms with E-state index >= 15 is 0 Å². The zero-order valence-corrected chi connectivity index (χ0v) is 3.10. The quantitative estimate of drug-likeness (QED) is 0.356. The second-order valence-corrected chi connectivity index (χ2v) is 0. The molecular formula is CH6CuN2. The van der Waals surface area contributed by atoms with E-state index in [0.717, 1.165) is 0 Å². The summed E-state index contributed by atoms with van der Waals surface area (Å²) in [6.07, 6.45) is 0. The van der Waals surface area contributed by atoms with E-state index in [9.17, 15) is 0 Å². The van der Waals surface area contributed by atoms with Crippen molar-refractivity contribution >= 4 is 0 Å². The average Bonchev–Trinajstić information content (AvgIpc) is 1.00. The second-order valence-electron chi connectivity index (χ2n) is 0. The molecule has 0 aliphatic carbocycles. The zero-order chi connectivity index (χ0) is 2.00. The number of hydrogen-bond donors (Lipinski definition) is 1. The van der Waals surface area contributed by atoms with Crippen molar-refractivity contribution in [3.05, 3.63) is 13.2 Å². The van der Waals surface area contributed by atoms with Gasteiger partial charge in [-0.2, -0.15) is 0 Å². The first-order valence-electron chi connectivity index (χ1n) is 0.408. The van der Waals surface area contributed by atoms with Crippen molar-refractivity contribution < 1.29 is 17.1 Å². The Morgan fingerprint density at radius 1 is 1.25 bits per heavy atom. The van der Waals surface area contributed by atoms with Gasteiger partial charge in [0.15, 0.2) is 0 Å². The van der Waals surface area contributed by atoms with Crippen LogP contribution in [0.3, 0.4) is 0 Å². The SMILES string of the molecule is [CH2-]N.[Cu+2].[NH2-]. The fraction of sp³-hybridized carbons (Fsp3) is 0. The van der Waals surface area contributed by atoms with Gasteiger partial charge in [-0.3, -0.25) is 7.05 Å². The van der Waals surface area contributed by atoms with Crippen molar-refractivity contribution in [2.24, 2.45) is 5.73 Å². The van der Waals surface area contributed by atoms with E-state index in [0.29, 0.717) is 0 Å². The van der Waals surface area contributed by atoms with E-state index in [1.54, 1.807) is 0 Å². The molecular weight excluding hydrogens is 104 g/mol.